The second kappa shape index (κ2) is 5.23. The van der Waals surface area contributed by atoms with Gasteiger partial charge in [-0.1, -0.05) is 11.6 Å². The van der Waals surface area contributed by atoms with Crippen molar-refractivity contribution < 1.29 is 14.4 Å². The molecule has 0 radical (unpaired) electrons. The summed E-state index contributed by atoms with van der Waals surface area (Å²) in [5.74, 6) is -0.418. The van der Waals surface area contributed by atoms with Crippen molar-refractivity contribution in [2.75, 3.05) is 18.0 Å². The summed E-state index contributed by atoms with van der Waals surface area (Å²) in [6.45, 7) is 1.10. The molecule has 0 N–H and O–H groups in total. The predicted octanol–water partition coefficient (Wildman–Crippen LogP) is 1.87. The molecule has 6 nitrogen and oxygen atoms in total. The molecular formula is C16H16ClN3O3. The third kappa shape index (κ3) is 2.12. The smallest absolute Gasteiger partial charge is 0.312 e. The number of fused-ring (bicyclic) bond motifs is 1. The third-order valence-electron chi connectivity index (χ3n) is 4.85. The number of anilines is 1. The van der Waals surface area contributed by atoms with Crippen molar-refractivity contribution in [3.8, 4) is 0 Å². The number of hydrogen-bond acceptors (Lipinski definition) is 3. The van der Waals surface area contributed by atoms with Gasteiger partial charge in [0.15, 0.2) is 0 Å². The highest BCUT2D eigenvalue weighted by atomic mass is 35.5. The van der Waals surface area contributed by atoms with Crippen molar-refractivity contribution >= 4 is 35.1 Å². The van der Waals surface area contributed by atoms with E-state index in [1.807, 2.05) is 0 Å². The first-order valence-corrected chi connectivity index (χ1v) is 8.16. The van der Waals surface area contributed by atoms with E-state index in [9.17, 15) is 14.4 Å². The lowest BCUT2D eigenvalue weighted by Gasteiger charge is -2.22. The Morgan fingerprint density at radius 1 is 0.913 bits per heavy atom. The van der Waals surface area contributed by atoms with Crippen LogP contribution >= 0.6 is 11.6 Å². The fourth-order valence-electron chi connectivity index (χ4n) is 3.71. The summed E-state index contributed by atoms with van der Waals surface area (Å²) >= 11 is 5.87. The number of urea groups is 1. The van der Waals surface area contributed by atoms with Gasteiger partial charge >= 0.3 is 6.03 Å². The second-order valence-corrected chi connectivity index (χ2v) is 6.55. The predicted molar refractivity (Wildman–Crippen MR) is 84.2 cm³/mol. The Morgan fingerprint density at radius 2 is 1.65 bits per heavy atom. The summed E-state index contributed by atoms with van der Waals surface area (Å²) in [5.41, 5.74) is 0.737. The van der Waals surface area contributed by atoms with Gasteiger partial charge < -0.3 is 9.80 Å². The van der Waals surface area contributed by atoms with Crippen molar-refractivity contribution in [1.29, 1.82) is 0 Å². The minimum absolute atomic E-state index is 0.199. The minimum Gasteiger partial charge on any atom is -0.312 e. The Kier molecular flexibility index (Phi) is 3.30. The Balaban J connectivity index is 1.57. The van der Waals surface area contributed by atoms with Crippen molar-refractivity contribution in [1.82, 2.24) is 9.80 Å². The van der Waals surface area contributed by atoms with Crippen LogP contribution in [0, 0.1) is 0 Å². The maximum atomic E-state index is 12.7. The zero-order valence-corrected chi connectivity index (χ0v) is 13.2. The van der Waals surface area contributed by atoms with E-state index in [2.05, 4.69) is 0 Å². The molecule has 0 aliphatic carbocycles. The van der Waals surface area contributed by atoms with Crippen LogP contribution in [0.2, 0.25) is 5.02 Å². The topological polar surface area (TPSA) is 60.9 Å². The van der Waals surface area contributed by atoms with E-state index in [1.165, 1.54) is 4.90 Å². The molecule has 0 saturated carbocycles. The molecule has 0 aromatic heterocycles. The number of amides is 4. The molecule has 1 unspecified atom stereocenters. The molecule has 23 heavy (non-hydrogen) atoms. The lowest BCUT2D eigenvalue weighted by atomic mass is 10.1. The highest BCUT2D eigenvalue weighted by molar-refractivity contribution is 6.30. The summed E-state index contributed by atoms with van der Waals surface area (Å²) < 4.78 is 0. The molecule has 1 aromatic rings. The Morgan fingerprint density at radius 3 is 2.35 bits per heavy atom. The van der Waals surface area contributed by atoms with Gasteiger partial charge in [0, 0.05) is 23.8 Å². The fraction of sp³-hybridized carbons (Fsp3) is 0.438. The van der Waals surface area contributed by atoms with E-state index in [-0.39, 0.29) is 23.9 Å². The monoisotopic (exact) mass is 333 g/mol. The normalized spacial score (nSPS) is 27.3. The molecule has 4 rings (SSSR count). The quantitative estimate of drug-likeness (QED) is 0.776. The minimum atomic E-state index is -0.684. The summed E-state index contributed by atoms with van der Waals surface area (Å²) in [6.07, 6.45) is 2.02. The van der Waals surface area contributed by atoms with Gasteiger partial charge in [0.05, 0.1) is 0 Å². The van der Waals surface area contributed by atoms with E-state index in [0.29, 0.717) is 31.0 Å². The van der Waals surface area contributed by atoms with E-state index >= 15 is 0 Å². The van der Waals surface area contributed by atoms with Gasteiger partial charge in [-0.2, -0.15) is 0 Å². The van der Waals surface area contributed by atoms with Crippen LogP contribution in [0.25, 0.3) is 0 Å². The second-order valence-electron chi connectivity index (χ2n) is 6.11. The standard InChI is InChI=1S/C16H16ClN3O3/c17-10-3-5-11(6-4-10)18-9-7-13(14(18)21)20-15(22)12-2-1-8-19(12)16(20)23/h3-6,12-13H,1-2,7-9H2/t12-,13?/m1/s1. The van der Waals surface area contributed by atoms with Crippen molar-refractivity contribution in [2.24, 2.45) is 0 Å². The van der Waals surface area contributed by atoms with Crippen LogP contribution in [-0.2, 0) is 9.59 Å². The highest BCUT2D eigenvalue weighted by Gasteiger charge is 2.53. The Labute approximate surface area is 138 Å². The number of carbonyl (C=O) groups is 3. The number of rotatable bonds is 2. The molecule has 1 aromatic carbocycles. The SMILES string of the molecule is O=C1C(N2C(=O)[C@H]3CCCN3C2=O)CCN1c1ccc(Cl)cc1. The highest BCUT2D eigenvalue weighted by Crippen LogP contribution is 2.33. The van der Waals surface area contributed by atoms with Gasteiger partial charge in [-0.25, -0.2) is 9.69 Å². The third-order valence-corrected chi connectivity index (χ3v) is 5.11. The number of nitrogens with zero attached hydrogens (tertiary/aromatic N) is 3. The molecule has 120 valence electrons. The lowest BCUT2D eigenvalue weighted by Crippen LogP contribution is -2.46. The van der Waals surface area contributed by atoms with Crippen LogP contribution < -0.4 is 4.90 Å². The van der Waals surface area contributed by atoms with Gasteiger partial charge in [0.2, 0.25) is 5.91 Å². The first-order valence-electron chi connectivity index (χ1n) is 7.78. The molecule has 3 heterocycles. The molecule has 4 amide bonds. The van der Waals surface area contributed by atoms with E-state index in [4.69, 9.17) is 11.6 Å². The van der Waals surface area contributed by atoms with Crippen LogP contribution in [0.5, 0.6) is 0 Å². The van der Waals surface area contributed by atoms with Gasteiger partial charge in [-0.05, 0) is 43.5 Å². The van der Waals surface area contributed by atoms with E-state index in [1.54, 1.807) is 34.1 Å². The maximum Gasteiger partial charge on any atom is 0.328 e. The summed E-state index contributed by atoms with van der Waals surface area (Å²) in [6, 6.07) is 5.63. The van der Waals surface area contributed by atoms with Crippen molar-refractivity contribution in [2.45, 2.75) is 31.3 Å². The zero-order chi connectivity index (χ0) is 16.1. The Hall–Kier alpha value is -2.08. The van der Waals surface area contributed by atoms with Gasteiger partial charge in [-0.3, -0.25) is 9.59 Å². The van der Waals surface area contributed by atoms with Crippen molar-refractivity contribution in [3.05, 3.63) is 29.3 Å². The number of halogens is 1. The van der Waals surface area contributed by atoms with E-state index < -0.39 is 6.04 Å². The maximum absolute atomic E-state index is 12.7. The molecule has 3 saturated heterocycles. The van der Waals surface area contributed by atoms with Crippen LogP contribution in [0.1, 0.15) is 19.3 Å². The average molecular weight is 334 g/mol. The molecule has 0 spiro atoms. The zero-order valence-electron chi connectivity index (χ0n) is 12.4. The number of benzene rings is 1. The van der Waals surface area contributed by atoms with Crippen molar-refractivity contribution in [3.63, 3.8) is 0 Å². The van der Waals surface area contributed by atoms with Crippen LogP contribution in [0.4, 0.5) is 10.5 Å². The Bertz CT molecular complexity index is 668. The molecule has 3 aliphatic rings. The molecular weight excluding hydrogens is 318 g/mol. The molecule has 0 bridgehead atoms. The fourth-order valence-corrected chi connectivity index (χ4v) is 3.84. The molecule has 3 aliphatic heterocycles. The van der Waals surface area contributed by atoms with Crippen LogP contribution in [0.15, 0.2) is 24.3 Å². The summed E-state index contributed by atoms with van der Waals surface area (Å²) in [5, 5.41) is 0.600. The van der Waals surface area contributed by atoms with Gasteiger partial charge in [0.1, 0.15) is 12.1 Å². The van der Waals surface area contributed by atoms with E-state index in [0.717, 1.165) is 12.1 Å². The molecule has 7 heteroatoms. The lowest BCUT2D eigenvalue weighted by molar-refractivity contribution is -0.133. The summed E-state index contributed by atoms with van der Waals surface area (Å²) in [4.78, 5) is 42.1. The van der Waals surface area contributed by atoms with Gasteiger partial charge in [0.25, 0.3) is 5.91 Å². The summed E-state index contributed by atoms with van der Waals surface area (Å²) in [7, 11) is 0. The first-order chi connectivity index (χ1) is 11.1. The van der Waals surface area contributed by atoms with Gasteiger partial charge in [-0.15, -0.1) is 0 Å². The average Bonchev–Trinajstić information content (AvgIpc) is 3.20. The number of hydrogen-bond donors (Lipinski definition) is 0. The largest absolute Gasteiger partial charge is 0.328 e. The molecule has 2 atom stereocenters. The number of carbonyl (C=O) groups excluding carboxylic acids is 3. The first kappa shape index (κ1) is 14.5. The van der Waals surface area contributed by atoms with Crippen LogP contribution in [-0.4, -0.2) is 52.8 Å². The number of imide groups is 1. The van der Waals surface area contributed by atoms with Crippen LogP contribution in [0.3, 0.4) is 0 Å². The molecule has 3 fully saturated rings.